The highest BCUT2D eigenvalue weighted by atomic mass is 16.5. The molecule has 0 aliphatic carbocycles. The Kier molecular flexibility index (Phi) is 6.40. The summed E-state index contributed by atoms with van der Waals surface area (Å²) in [5.41, 5.74) is 2.77. The van der Waals surface area contributed by atoms with Crippen molar-refractivity contribution in [3.05, 3.63) is 65.2 Å². The van der Waals surface area contributed by atoms with Crippen molar-refractivity contribution in [3.63, 3.8) is 0 Å². The van der Waals surface area contributed by atoms with Crippen molar-refractivity contribution >= 4 is 17.9 Å². The van der Waals surface area contributed by atoms with Gasteiger partial charge in [-0.1, -0.05) is 12.1 Å². The first-order valence-electron chi connectivity index (χ1n) is 7.84. The van der Waals surface area contributed by atoms with Gasteiger partial charge in [-0.25, -0.2) is 0 Å². The predicted octanol–water partition coefficient (Wildman–Crippen LogP) is 4.32. The molecule has 0 radical (unpaired) electrons. The summed E-state index contributed by atoms with van der Waals surface area (Å²) in [6, 6.07) is 11.3. The van der Waals surface area contributed by atoms with Crippen molar-refractivity contribution in [1.82, 2.24) is 0 Å². The summed E-state index contributed by atoms with van der Waals surface area (Å²) in [5, 5.41) is 0. The summed E-state index contributed by atoms with van der Waals surface area (Å²) in [5.74, 6) is 1.96. The molecule has 130 valence electrons. The fraction of sp³-hybridized carbons (Fsp3) is 0.190. The van der Waals surface area contributed by atoms with Gasteiger partial charge in [0.05, 0.1) is 21.3 Å². The molecule has 4 nitrogen and oxygen atoms in total. The molecule has 0 atom stereocenters. The summed E-state index contributed by atoms with van der Waals surface area (Å²) in [6.07, 6.45) is 6.48. The zero-order chi connectivity index (χ0) is 18.2. The van der Waals surface area contributed by atoms with Crippen LogP contribution in [0.3, 0.4) is 0 Å². The van der Waals surface area contributed by atoms with Crippen LogP contribution in [0, 0.1) is 6.92 Å². The molecular weight excluding hydrogens is 316 g/mol. The lowest BCUT2D eigenvalue weighted by atomic mass is 10.1. The van der Waals surface area contributed by atoms with E-state index < -0.39 is 0 Å². The Morgan fingerprint density at radius 2 is 1.36 bits per heavy atom. The molecule has 0 unspecified atom stereocenters. The highest BCUT2D eigenvalue weighted by Crippen LogP contribution is 2.25. The minimum Gasteiger partial charge on any atom is -0.497 e. The number of methoxy groups -OCH3 is 3. The van der Waals surface area contributed by atoms with Gasteiger partial charge in [-0.2, -0.15) is 0 Å². The molecule has 2 rings (SSSR count). The molecule has 0 spiro atoms. The van der Waals surface area contributed by atoms with E-state index in [0.717, 1.165) is 22.4 Å². The molecule has 2 aromatic carbocycles. The molecule has 0 saturated carbocycles. The van der Waals surface area contributed by atoms with Crippen LogP contribution >= 0.6 is 0 Å². The fourth-order valence-electron chi connectivity index (χ4n) is 2.31. The number of carbonyl (C=O) groups excluding carboxylic acids is 1. The van der Waals surface area contributed by atoms with Crippen molar-refractivity contribution < 1.29 is 19.0 Å². The summed E-state index contributed by atoms with van der Waals surface area (Å²) < 4.78 is 15.8. The molecule has 0 aromatic heterocycles. The number of benzene rings is 2. The van der Waals surface area contributed by atoms with Crippen LogP contribution in [-0.2, 0) is 4.79 Å². The number of allylic oxidation sites excluding steroid dienone is 2. The topological polar surface area (TPSA) is 44.8 Å². The highest BCUT2D eigenvalue weighted by molar-refractivity contribution is 6.04. The zero-order valence-corrected chi connectivity index (χ0v) is 14.9. The first-order chi connectivity index (χ1) is 12.1. The van der Waals surface area contributed by atoms with Crippen LogP contribution in [0.4, 0.5) is 0 Å². The first-order valence-corrected chi connectivity index (χ1v) is 7.84. The van der Waals surface area contributed by atoms with Gasteiger partial charge in [0.15, 0.2) is 5.78 Å². The molecule has 2 aromatic rings. The van der Waals surface area contributed by atoms with E-state index in [4.69, 9.17) is 14.2 Å². The van der Waals surface area contributed by atoms with E-state index in [0.29, 0.717) is 11.5 Å². The number of rotatable bonds is 7. The molecule has 0 N–H and O–H groups in total. The third-order valence-electron chi connectivity index (χ3n) is 3.68. The lowest BCUT2D eigenvalue weighted by Gasteiger charge is -2.07. The maximum atomic E-state index is 12.1. The fourth-order valence-corrected chi connectivity index (χ4v) is 2.31. The van der Waals surface area contributed by atoms with E-state index in [2.05, 4.69) is 0 Å². The van der Waals surface area contributed by atoms with Gasteiger partial charge in [0, 0.05) is 17.2 Å². The van der Waals surface area contributed by atoms with Gasteiger partial charge >= 0.3 is 0 Å². The van der Waals surface area contributed by atoms with Crippen LogP contribution < -0.4 is 14.2 Å². The first kappa shape index (κ1) is 18.3. The Morgan fingerprint density at radius 1 is 0.800 bits per heavy atom. The van der Waals surface area contributed by atoms with E-state index in [1.807, 2.05) is 37.3 Å². The van der Waals surface area contributed by atoms with Crippen molar-refractivity contribution in [3.8, 4) is 17.2 Å². The number of ketones is 1. The smallest absolute Gasteiger partial charge is 0.178 e. The van der Waals surface area contributed by atoms with Gasteiger partial charge in [0.25, 0.3) is 0 Å². The van der Waals surface area contributed by atoms with Crippen LogP contribution in [0.15, 0.2) is 48.6 Å². The van der Waals surface area contributed by atoms with Crippen LogP contribution in [0.2, 0.25) is 0 Å². The SMILES string of the molecule is COc1ccc(/C=C/C(=O)/C=C/c2ccc(C)cc2OC)c(OC)c1. The second-order valence-electron chi connectivity index (χ2n) is 5.42. The van der Waals surface area contributed by atoms with E-state index in [-0.39, 0.29) is 5.78 Å². The van der Waals surface area contributed by atoms with Gasteiger partial charge in [0.2, 0.25) is 0 Å². The minimum absolute atomic E-state index is 0.125. The van der Waals surface area contributed by atoms with Gasteiger partial charge in [-0.3, -0.25) is 4.79 Å². The molecule has 0 saturated heterocycles. The molecular formula is C21H22O4. The second-order valence-corrected chi connectivity index (χ2v) is 5.42. The molecule has 0 amide bonds. The van der Waals surface area contributed by atoms with Crippen molar-refractivity contribution in [2.45, 2.75) is 6.92 Å². The maximum absolute atomic E-state index is 12.1. The molecule has 0 heterocycles. The number of hydrogen-bond donors (Lipinski definition) is 0. The van der Waals surface area contributed by atoms with E-state index in [9.17, 15) is 4.79 Å². The standard InChI is InChI=1S/C21H22O4/c1-15-5-6-16(20(13-15)24-3)7-10-18(22)11-8-17-9-12-19(23-2)14-21(17)25-4/h5-14H,1-4H3/b10-7+,11-8+. The van der Waals surface area contributed by atoms with Gasteiger partial charge in [-0.15, -0.1) is 0 Å². The Hall–Kier alpha value is -3.01. The summed E-state index contributed by atoms with van der Waals surface area (Å²) in [6.45, 7) is 1.99. The molecule has 0 fully saturated rings. The predicted molar refractivity (Wildman–Crippen MR) is 100 cm³/mol. The van der Waals surface area contributed by atoms with Crippen LogP contribution in [0.1, 0.15) is 16.7 Å². The third kappa shape index (κ3) is 4.98. The van der Waals surface area contributed by atoms with Crippen LogP contribution in [0.25, 0.3) is 12.2 Å². The Morgan fingerprint density at radius 3 is 1.92 bits per heavy atom. The second kappa shape index (κ2) is 8.73. The van der Waals surface area contributed by atoms with Crippen molar-refractivity contribution in [2.75, 3.05) is 21.3 Å². The molecule has 4 heteroatoms. The number of aryl methyl sites for hydroxylation is 1. The Labute approximate surface area is 148 Å². The summed E-state index contributed by atoms with van der Waals surface area (Å²) in [7, 11) is 4.79. The number of ether oxygens (including phenoxy) is 3. The normalized spacial score (nSPS) is 11.0. The molecule has 25 heavy (non-hydrogen) atoms. The molecule has 0 bridgehead atoms. The highest BCUT2D eigenvalue weighted by Gasteiger charge is 2.03. The van der Waals surface area contributed by atoms with Crippen molar-refractivity contribution in [1.29, 1.82) is 0 Å². The van der Waals surface area contributed by atoms with Crippen LogP contribution in [-0.4, -0.2) is 27.1 Å². The Balaban J connectivity index is 2.13. The molecule has 0 aliphatic heterocycles. The largest absolute Gasteiger partial charge is 0.497 e. The van der Waals surface area contributed by atoms with E-state index >= 15 is 0 Å². The lowest BCUT2D eigenvalue weighted by Crippen LogP contribution is -1.91. The quantitative estimate of drug-likeness (QED) is 0.706. The van der Waals surface area contributed by atoms with Gasteiger partial charge < -0.3 is 14.2 Å². The van der Waals surface area contributed by atoms with Crippen molar-refractivity contribution in [2.24, 2.45) is 0 Å². The molecule has 0 aliphatic rings. The third-order valence-corrected chi connectivity index (χ3v) is 3.68. The van der Waals surface area contributed by atoms with Gasteiger partial charge in [0.1, 0.15) is 17.2 Å². The summed E-state index contributed by atoms with van der Waals surface area (Å²) >= 11 is 0. The van der Waals surface area contributed by atoms with E-state index in [1.165, 1.54) is 12.2 Å². The maximum Gasteiger partial charge on any atom is 0.178 e. The summed E-state index contributed by atoms with van der Waals surface area (Å²) in [4.78, 5) is 12.1. The monoisotopic (exact) mass is 338 g/mol. The number of hydrogen-bond acceptors (Lipinski definition) is 4. The van der Waals surface area contributed by atoms with Crippen LogP contribution in [0.5, 0.6) is 17.2 Å². The Bertz CT molecular complexity index is 804. The lowest BCUT2D eigenvalue weighted by molar-refractivity contribution is -0.110. The van der Waals surface area contributed by atoms with E-state index in [1.54, 1.807) is 39.5 Å². The average molecular weight is 338 g/mol. The minimum atomic E-state index is -0.125. The zero-order valence-electron chi connectivity index (χ0n) is 14.9. The number of carbonyl (C=O) groups is 1. The van der Waals surface area contributed by atoms with Gasteiger partial charge in [-0.05, 0) is 55.0 Å². The average Bonchev–Trinajstić information content (AvgIpc) is 2.64.